The summed E-state index contributed by atoms with van der Waals surface area (Å²) in [7, 11) is 3.04. The Morgan fingerprint density at radius 1 is 1.19 bits per heavy atom. The maximum Gasteiger partial charge on any atom is 0.227 e. The van der Waals surface area contributed by atoms with Gasteiger partial charge >= 0.3 is 0 Å². The fourth-order valence-corrected chi connectivity index (χ4v) is 3.30. The minimum Gasteiger partial charge on any atom is -0.495 e. The predicted molar refractivity (Wildman–Crippen MR) is 102 cm³/mol. The van der Waals surface area contributed by atoms with Crippen LogP contribution < -0.4 is 14.8 Å². The Kier molecular flexibility index (Phi) is 7.57. The molecule has 0 spiro atoms. The average molecular weight is 383 g/mol. The first-order valence-electron chi connectivity index (χ1n) is 9.00. The molecule has 1 aromatic carbocycles. The van der Waals surface area contributed by atoms with E-state index in [1.165, 1.54) is 14.2 Å². The third-order valence-electron chi connectivity index (χ3n) is 4.69. The zero-order valence-corrected chi connectivity index (χ0v) is 16.4. The molecule has 0 aliphatic carbocycles. The maximum atomic E-state index is 12.6. The van der Waals surface area contributed by atoms with Crippen molar-refractivity contribution in [3.05, 3.63) is 17.2 Å². The van der Waals surface area contributed by atoms with Gasteiger partial charge in [-0.3, -0.25) is 9.59 Å². The first-order chi connectivity index (χ1) is 12.5. The number of methoxy groups -OCH3 is 2. The molecule has 7 heteroatoms. The summed E-state index contributed by atoms with van der Waals surface area (Å²) in [5, 5.41) is 3.32. The zero-order valence-electron chi connectivity index (χ0n) is 15.6. The quantitative estimate of drug-likeness (QED) is 0.780. The molecule has 2 amide bonds. The maximum absolute atomic E-state index is 12.6. The molecule has 0 bridgehead atoms. The smallest absolute Gasteiger partial charge is 0.227 e. The van der Waals surface area contributed by atoms with Crippen molar-refractivity contribution in [3.63, 3.8) is 0 Å². The van der Waals surface area contributed by atoms with Gasteiger partial charge in [0.15, 0.2) is 0 Å². The van der Waals surface area contributed by atoms with Crippen molar-refractivity contribution in [1.29, 1.82) is 0 Å². The van der Waals surface area contributed by atoms with Crippen molar-refractivity contribution in [3.8, 4) is 11.5 Å². The second-order valence-corrected chi connectivity index (χ2v) is 6.84. The number of hydrogen-bond acceptors (Lipinski definition) is 4. The Morgan fingerprint density at radius 2 is 1.85 bits per heavy atom. The Bertz CT molecular complexity index is 643. The van der Waals surface area contributed by atoms with Crippen molar-refractivity contribution in [2.24, 2.45) is 5.92 Å². The summed E-state index contributed by atoms with van der Waals surface area (Å²) in [5.74, 6) is 0.940. The number of carbonyl (C=O) groups is 2. The van der Waals surface area contributed by atoms with Gasteiger partial charge in [0.1, 0.15) is 11.5 Å². The topological polar surface area (TPSA) is 67.9 Å². The first kappa shape index (κ1) is 20.4. The molecule has 1 fully saturated rings. The van der Waals surface area contributed by atoms with Crippen LogP contribution in [-0.2, 0) is 9.59 Å². The number of rotatable bonds is 7. The van der Waals surface area contributed by atoms with Crippen LogP contribution in [0.5, 0.6) is 11.5 Å². The van der Waals surface area contributed by atoms with Crippen LogP contribution in [0.25, 0.3) is 0 Å². The van der Waals surface area contributed by atoms with Crippen molar-refractivity contribution in [2.45, 2.75) is 39.0 Å². The molecule has 1 aliphatic rings. The average Bonchev–Trinajstić information content (AvgIpc) is 2.67. The van der Waals surface area contributed by atoms with E-state index in [1.54, 1.807) is 12.1 Å². The van der Waals surface area contributed by atoms with E-state index in [-0.39, 0.29) is 17.7 Å². The summed E-state index contributed by atoms with van der Waals surface area (Å²) in [6.07, 6.45) is 3.84. The Hall–Kier alpha value is -1.95. The van der Waals surface area contributed by atoms with Crippen LogP contribution in [0.2, 0.25) is 5.02 Å². The van der Waals surface area contributed by atoms with E-state index >= 15 is 0 Å². The van der Waals surface area contributed by atoms with Gasteiger partial charge in [-0.1, -0.05) is 24.9 Å². The number of anilines is 1. The lowest BCUT2D eigenvalue weighted by atomic mass is 9.95. The number of nitrogens with zero attached hydrogens (tertiary/aromatic N) is 1. The molecule has 1 aliphatic heterocycles. The highest BCUT2D eigenvalue weighted by Crippen LogP contribution is 2.36. The third-order valence-corrected chi connectivity index (χ3v) is 4.99. The van der Waals surface area contributed by atoms with E-state index in [1.807, 2.05) is 4.90 Å². The number of carbonyl (C=O) groups excluding carboxylic acids is 2. The van der Waals surface area contributed by atoms with Gasteiger partial charge in [0, 0.05) is 37.6 Å². The SMILES string of the molecule is CCCCC(=O)N1CCC(C(=O)Nc2cc(OC)c(Cl)cc2OC)CC1. The number of unbranched alkanes of at least 4 members (excludes halogenated alkanes) is 1. The molecule has 0 aromatic heterocycles. The monoisotopic (exact) mass is 382 g/mol. The van der Waals surface area contributed by atoms with Gasteiger partial charge in [-0.25, -0.2) is 0 Å². The van der Waals surface area contributed by atoms with Crippen LogP contribution in [0.15, 0.2) is 12.1 Å². The summed E-state index contributed by atoms with van der Waals surface area (Å²) in [6, 6.07) is 3.27. The van der Waals surface area contributed by atoms with Crippen molar-refractivity contribution < 1.29 is 19.1 Å². The number of piperidine rings is 1. The molecule has 1 aromatic rings. The molecule has 0 unspecified atom stereocenters. The van der Waals surface area contributed by atoms with Crippen molar-refractivity contribution in [2.75, 3.05) is 32.6 Å². The number of benzene rings is 1. The number of ether oxygens (including phenoxy) is 2. The van der Waals surface area contributed by atoms with E-state index < -0.39 is 0 Å². The lowest BCUT2D eigenvalue weighted by molar-refractivity contribution is -0.134. The van der Waals surface area contributed by atoms with Gasteiger partial charge in [-0.15, -0.1) is 0 Å². The molecular weight excluding hydrogens is 356 g/mol. The largest absolute Gasteiger partial charge is 0.495 e. The standard InChI is InChI=1S/C19H27ClN2O4/c1-4-5-6-18(23)22-9-7-13(8-10-22)19(24)21-15-12-16(25-2)14(20)11-17(15)26-3/h11-13H,4-10H2,1-3H3,(H,21,24). The van der Waals surface area contributed by atoms with E-state index in [4.69, 9.17) is 21.1 Å². The second-order valence-electron chi connectivity index (χ2n) is 6.43. The van der Waals surface area contributed by atoms with Gasteiger partial charge in [0.2, 0.25) is 11.8 Å². The van der Waals surface area contributed by atoms with Gasteiger partial charge in [0.05, 0.1) is 24.9 Å². The molecule has 144 valence electrons. The summed E-state index contributed by atoms with van der Waals surface area (Å²) < 4.78 is 10.5. The van der Waals surface area contributed by atoms with E-state index in [9.17, 15) is 9.59 Å². The number of halogens is 1. The molecule has 26 heavy (non-hydrogen) atoms. The van der Waals surface area contributed by atoms with Gasteiger partial charge < -0.3 is 19.7 Å². The molecule has 6 nitrogen and oxygen atoms in total. The lowest BCUT2D eigenvalue weighted by Crippen LogP contribution is -2.41. The number of amides is 2. The van der Waals surface area contributed by atoms with E-state index in [0.717, 1.165) is 12.8 Å². The molecule has 1 N–H and O–H groups in total. The molecular formula is C19H27ClN2O4. The van der Waals surface area contributed by atoms with Crippen molar-refractivity contribution in [1.82, 2.24) is 4.90 Å². The summed E-state index contributed by atoms with van der Waals surface area (Å²) in [5.41, 5.74) is 0.528. The highest BCUT2D eigenvalue weighted by molar-refractivity contribution is 6.32. The Labute approximate surface area is 159 Å². The Morgan fingerprint density at radius 3 is 2.42 bits per heavy atom. The summed E-state index contributed by atoms with van der Waals surface area (Å²) >= 11 is 6.09. The summed E-state index contributed by atoms with van der Waals surface area (Å²) in [4.78, 5) is 26.6. The molecule has 0 radical (unpaired) electrons. The molecule has 2 rings (SSSR count). The van der Waals surface area contributed by atoms with Crippen LogP contribution in [-0.4, -0.2) is 44.0 Å². The van der Waals surface area contributed by atoms with E-state index in [2.05, 4.69) is 12.2 Å². The van der Waals surface area contributed by atoms with Gasteiger partial charge in [0.25, 0.3) is 0 Å². The number of nitrogens with one attached hydrogen (secondary N) is 1. The molecule has 1 saturated heterocycles. The molecule has 0 atom stereocenters. The van der Waals surface area contributed by atoms with Crippen molar-refractivity contribution >= 4 is 29.1 Å². The number of likely N-dealkylation sites (tertiary alicyclic amines) is 1. The Balaban J connectivity index is 1.96. The third kappa shape index (κ3) is 5.04. The van der Waals surface area contributed by atoms with Crippen LogP contribution in [0.4, 0.5) is 5.69 Å². The normalized spacial score (nSPS) is 14.8. The highest BCUT2D eigenvalue weighted by atomic mass is 35.5. The first-order valence-corrected chi connectivity index (χ1v) is 9.38. The van der Waals surface area contributed by atoms with Crippen LogP contribution in [0.3, 0.4) is 0 Å². The number of hydrogen-bond donors (Lipinski definition) is 1. The van der Waals surface area contributed by atoms with Crippen LogP contribution >= 0.6 is 11.6 Å². The minimum absolute atomic E-state index is 0.0756. The minimum atomic E-state index is -0.128. The fraction of sp³-hybridized carbons (Fsp3) is 0.579. The lowest BCUT2D eigenvalue weighted by Gasteiger charge is -2.31. The predicted octanol–water partition coefficient (Wildman–Crippen LogP) is 3.72. The highest BCUT2D eigenvalue weighted by Gasteiger charge is 2.27. The van der Waals surface area contributed by atoms with E-state index in [0.29, 0.717) is 54.6 Å². The van der Waals surface area contributed by atoms with Crippen LogP contribution in [0.1, 0.15) is 39.0 Å². The van der Waals surface area contributed by atoms with Gasteiger partial charge in [-0.05, 0) is 19.3 Å². The molecule has 1 heterocycles. The van der Waals surface area contributed by atoms with Gasteiger partial charge in [-0.2, -0.15) is 0 Å². The summed E-state index contributed by atoms with van der Waals surface area (Å²) in [6.45, 7) is 3.33. The molecule has 0 saturated carbocycles. The van der Waals surface area contributed by atoms with Crippen LogP contribution in [0, 0.1) is 5.92 Å². The zero-order chi connectivity index (χ0) is 19.1. The fourth-order valence-electron chi connectivity index (χ4n) is 3.07. The second kappa shape index (κ2) is 9.67.